The first-order chi connectivity index (χ1) is 8.83. The number of rotatable bonds is 1. The van der Waals surface area contributed by atoms with Crippen molar-refractivity contribution in [3.63, 3.8) is 0 Å². The minimum atomic E-state index is 0.236. The molecule has 1 aromatic carbocycles. The Morgan fingerprint density at radius 2 is 1.89 bits per heavy atom. The molecule has 2 heterocycles. The van der Waals surface area contributed by atoms with Crippen LogP contribution in [-0.4, -0.2) is 23.2 Å². The lowest BCUT2D eigenvalue weighted by Gasteiger charge is -2.09. The van der Waals surface area contributed by atoms with E-state index in [4.69, 9.17) is 21.1 Å². The highest BCUT2D eigenvalue weighted by atomic mass is 35.5. The summed E-state index contributed by atoms with van der Waals surface area (Å²) in [5.74, 6) is 1.52. The third-order valence-corrected chi connectivity index (χ3v) is 2.85. The van der Waals surface area contributed by atoms with Gasteiger partial charge >= 0.3 is 0 Å². The van der Waals surface area contributed by atoms with Crippen LogP contribution in [0, 0.1) is 0 Å². The Morgan fingerprint density at radius 1 is 1.06 bits per heavy atom. The standard InChI is InChI=1S/C13H11ClN2O2/c14-13-15-5-4-10(16-13)9-2-3-11-12(8-9)18-7-1-6-17-11/h2-5,8H,1,6-7H2. The molecule has 92 valence electrons. The van der Waals surface area contributed by atoms with Crippen molar-refractivity contribution >= 4 is 11.6 Å². The fourth-order valence-electron chi connectivity index (χ4n) is 1.82. The third-order valence-electron chi connectivity index (χ3n) is 2.67. The van der Waals surface area contributed by atoms with Crippen LogP contribution in [0.5, 0.6) is 11.5 Å². The number of aromatic nitrogens is 2. The fraction of sp³-hybridized carbons (Fsp3) is 0.231. The van der Waals surface area contributed by atoms with Crippen molar-refractivity contribution in [1.29, 1.82) is 0 Å². The minimum absolute atomic E-state index is 0.236. The maximum absolute atomic E-state index is 5.79. The number of benzene rings is 1. The van der Waals surface area contributed by atoms with Crippen LogP contribution in [0.15, 0.2) is 30.5 Å². The molecule has 0 fully saturated rings. The predicted molar refractivity (Wildman–Crippen MR) is 68.1 cm³/mol. The van der Waals surface area contributed by atoms with Gasteiger partial charge in [-0.3, -0.25) is 0 Å². The first-order valence-electron chi connectivity index (χ1n) is 5.71. The summed E-state index contributed by atoms with van der Waals surface area (Å²) in [4.78, 5) is 8.04. The Bertz CT molecular complexity index is 575. The molecule has 1 aliphatic heterocycles. The summed E-state index contributed by atoms with van der Waals surface area (Å²) in [6.45, 7) is 1.35. The molecule has 0 unspecified atom stereocenters. The molecule has 0 atom stereocenters. The molecule has 0 bridgehead atoms. The summed E-state index contributed by atoms with van der Waals surface area (Å²) in [5.41, 5.74) is 1.70. The largest absolute Gasteiger partial charge is 0.490 e. The van der Waals surface area contributed by atoms with Crippen LogP contribution >= 0.6 is 11.6 Å². The Balaban J connectivity index is 2.01. The zero-order valence-corrected chi connectivity index (χ0v) is 10.4. The van der Waals surface area contributed by atoms with Crippen LogP contribution in [0.1, 0.15) is 6.42 Å². The van der Waals surface area contributed by atoms with Gasteiger partial charge in [0.05, 0.1) is 18.9 Å². The molecule has 0 saturated heterocycles. The summed E-state index contributed by atoms with van der Waals surface area (Å²) in [6, 6.07) is 7.56. The second-order valence-corrected chi connectivity index (χ2v) is 4.26. The lowest BCUT2D eigenvalue weighted by molar-refractivity contribution is 0.297. The highest BCUT2D eigenvalue weighted by Gasteiger charge is 2.12. The smallest absolute Gasteiger partial charge is 0.222 e. The van der Waals surface area contributed by atoms with E-state index in [1.165, 1.54) is 0 Å². The zero-order chi connectivity index (χ0) is 12.4. The molecular formula is C13H11ClN2O2. The second-order valence-electron chi connectivity index (χ2n) is 3.92. The normalized spacial score (nSPS) is 14.1. The minimum Gasteiger partial charge on any atom is -0.490 e. The number of fused-ring (bicyclic) bond motifs is 1. The van der Waals surface area contributed by atoms with Crippen molar-refractivity contribution in [3.05, 3.63) is 35.7 Å². The number of halogens is 1. The number of nitrogens with zero attached hydrogens (tertiary/aromatic N) is 2. The van der Waals surface area contributed by atoms with E-state index in [0.717, 1.165) is 29.2 Å². The SMILES string of the molecule is Clc1nccc(-c2ccc3c(c2)OCCCO3)n1. The van der Waals surface area contributed by atoms with Crippen LogP contribution in [0.25, 0.3) is 11.3 Å². The molecule has 3 rings (SSSR count). The fourth-order valence-corrected chi connectivity index (χ4v) is 1.97. The van der Waals surface area contributed by atoms with Gasteiger partial charge < -0.3 is 9.47 Å². The van der Waals surface area contributed by atoms with E-state index < -0.39 is 0 Å². The summed E-state index contributed by atoms with van der Waals surface area (Å²) < 4.78 is 11.2. The van der Waals surface area contributed by atoms with Crippen molar-refractivity contribution < 1.29 is 9.47 Å². The maximum Gasteiger partial charge on any atom is 0.222 e. The monoisotopic (exact) mass is 262 g/mol. The van der Waals surface area contributed by atoms with E-state index in [-0.39, 0.29) is 5.28 Å². The Morgan fingerprint density at radius 3 is 2.72 bits per heavy atom. The second kappa shape index (κ2) is 4.82. The van der Waals surface area contributed by atoms with Crippen molar-refractivity contribution in [2.45, 2.75) is 6.42 Å². The van der Waals surface area contributed by atoms with Gasteiger partial charge in [0.1, 0.15) is 0 Å². The van der Waals surface area contributed by atoms with Crippen molar-refractivity contribution in [1.82, 2.24) is 9.97 Å². The molecule has 0 N–H and O–H groups in total. The van der Waals surface area contributed by atoms with Gasteiger partial charge in [-0.25, -0.2) is 9.97 Å². The zero-order valence-electron chi connectivity index (χ0n) is 9.60. The molecule has 0 saturated carbocycles. The summed E-state index contributed by atoms with van der Waals surface area (Å²) in [6.07, 6.45) is 2.52. The topological polar surface area (TPSA) is 44.2 Å². The number of ether oxygens (including phenoxy) is 2. The van der Waals surface area contributed by atoms with Gasteiger partial charge in [-0.2, -0.15) is 0 Å². The van der Waals surface area contributed by atoms with E-state index in [9.17, 15) is 0 Å². The first kappa shape index (κ1) is 11.3. The molecule has 5 heteroatoms. The van der Waals surface area contributed by atoms with Crippen LogP contribution in [0.4, 0.5) is 0 Å². The maximum atomic E-state index is 5.79. The van der Waals surface area contributed by atoms with Gasteiger partial charge in [-0.15, -0.1) is 0 Å². The molecule has 0 spiro atoms. The van der Waals surface area contributed by atoms with Gasteiger partial charge in [0.2, 0.25) is 5.28 Å². The molecule has 2 aromatic rings. The lowest BCUT2D eigenvalue weighted by atomic mass is 10.1. The summed E-state index contributed by atoms with van der Waals surface area (Å²) in [7, 11) is 0. The average Bonchev–Trinajstić information content (AvgIpc) is 2.63. The predicted octanol–water partition coefficient (Wildman–Crippen LogP) is 2.96. The Hall–Kier alpha value is -1.81. The van der Waals surface area contributed by atoms with E-state index in [1.807, 2.05) is 24.3 Å². The van der Waals surface area contributed by atoms with Crippen molar-refractivity contribution in [2.24, 2.45) is 0 Å². The van der Waals surface area contributed by atoms with Gasteiger partial charge in [0.15, 0.2) is 11.5 Å². The van der Waals surface area contributed by atoms with E-state index >= 15 is 0 Å². The van der Waals surface area contributed by atoms with Crippen LogP contribution < -0.4 is 9.47 Å². The van der Waals surface area contributed by atoms with Gasteiger partial charge in [-0.05, 0) is 35.9 Å². The Labute approximate surface area is 110 Å². The van der Waals surface area contributed by atoms with Gasteiger partial charge in [0, 0.05) is 18.2 Å². The average molecular weight is 263 g/mol. The van der Waals surface area contributed by atoms with Crippen molar-refractivity contribution in [3.8, 4) is 22.8 Å². The lowest BCUT2D eigenvalue weighted by Crippen LogP contribution is -1.97. The quantitative estimate of drug-likeness (QED) is 0.741. The molecule has 18 heavy (non-hydrogen) atoms. The van der Waals surface area contributed by atoms with Crippen LogP contribution in [0.2, 0.25) is 5.28 Å². The highest BCUT2D eigenvalue weighted by molar-refractivity contribution is 6.28. The summed E-state index contributed by atoms with van der Waals surface area (Å²) >= 11 is 5.79. The van der Waals surface area contributed by atoms with Crippen molar-refractivity contribution in [2.75, 3.05) is 13.2 Å². The molecule has 1 aromatic heterocycles. The molecular weight excluding hydrogens is 252 g/mol. The highest BCUT2D eigenvalue weighted by Crippen LogP contribution is 2.33. The molecule has 1 aliphatic rings. The number of hydrogen-bond acceptors (Lipinski definition) is 4. The van der Waals surface area contributed by atoms with Gasteiger partial charge in [-0.1, -0.05) is 0 Å². The molecule has 0 radical (unpaired) electrons. The number of hydrogen-bond donors (Lipinski definition) is 0. The van der Waals surface area contributed by atoms with Crippen LogP contribution in [-0.2, 0) is 0 Å². The molecule has 0 amide bonds. The summed E-state index contributed by atoms with van der Waals surface area (Å²) in [5, 5.41) is 0.236. The Kier molecular flexibility index (Phi) is 3.02. The molecule has 4 nitrogen and oxygen atoms in total. The van der Waals surface area contributed by atoms with E-state index in [2.05, 4.69) is 9.97 Å². The molecule has 0 aliphatic carbocycles. The van der Waals surface area contributed by atoms with E-state index in [1.54, 1.807) is 6.20 Å². The van der Waals surface area contributed by atoms with E-state index in [0.29, 0.717) is 13.2 Å². The first-order valence-corrected chi connectivity index (χ1v) is 6.09. The van der Waals surface area contributed by atoms with Crippen LogP contribution in [0.3, 0.4) is 0 Å². The third kappa shape index (κ3) is 2.24. The van der Waals surface area contributed by atoms with Gasteiger partial charge in [0.25, 0.3) is 0 Å².